The molecule has 0 bridgehead atoms. The van der Waals surface area contributed by atoms with Gasteiger partial charge in [-0.2, -0.15) is 0 Å². The Morgan fingerprint density at radius 2 is 1.71 bits per heavy atom. The number of ether oxygens (including phenoxy) is 2. The summed E-state index contributed by atoms with van der Waals surface area (Å²) in [4.78, 5) is 8.54. The first-order valence-corrected chi connectivity index (χ1v) is 9.62. The van der Waals surface area contributed by atoms with Gasteiger partial charge in [-0.3, -0.25) is 0 Å². The molecule has 0 aliphatic heterocycles. The number of halogens is 2. The van der Waals surface area contributed by atoms with Crippen molar-refractivity contribution in [2.75, 3.05) is 12.5 Å². The van der Waals surface area contributed by atoms with E-state index in [-0.39, 0.29) is 0 Å². The lowest BCUT2D eigenvalue weighted by Gasteiger charge is -2.04. The molecule has 0 aliphatic carbocycles. The maximum Gasteiger partial charge on any atom is 0.227 e. The minimum Gasteiger partial charge on any atom is -0.494 e. The third-order valence-electron chi connectivity index (χ3n) is 3.94. The summed E-state index contributed by atoms with van der Waals surface area (Å²) in [5.74, 6) is 3.13. The van der Waals surface area contributed by atoms with Crippen molar-refractivity contribution in [1.82, 2.24) is 9.97 Å². The first-order valence-electron chi connectivity index (χ1n) is 8.70. The van der Waals surface area contributed by atoms with Gasteiger partial charge in [0.1, 0.15) is 27.9 Å². The molecule has 4 rings (SSSR count). The monoisotopic (exact) mass is 414 g/mol. The molecule has 28 heavy (non-hydrogen) atoms. The van der Waals surface area contributed by atoms with Crippen LogP contribution in [0.1, 0.15) is 6.42 Å². The van der Waals surface area contributed by atoms with Crippen molar-refractivity contribution in [3.8, 4) is 28.7 Å². The molecule has 0 radical (unpaired) electrons. The lowest BCUT2D eigenvalue weighted by atomic mass is 10.2. The number of fused-ring (bicyclic) bond motifs is 1. The lowest BCUT2D eigenvalue weighted by Crippen LogP contribution is -1.97. The summed E-state index contributed by atoms with van der Waals surface area (Å²) in [6, 6.07) is 16.5. The van der Waals surface area contributed by atoms with E-state index in [1.807, 2.05) is 36.4 Å². The summed E-state index contributed by atoms with van der Waals surface area (Å²) in [7, 11) is 0. The van der Waals surface area contributed by atoms with Gasteiger partial charge in [0.05, 0.1) is 12.8 Å². The Morgan fingerprint density at radius 3 is 2.46 bits per heavy atom. The van der Waals surface area contributed by atoms with E-state index in [0.29, 0.717) is 40.6 Å². The SMILES string of the molecule is ClCCCOc1ccc(-c2nc3ccc(Oc4ccc(Cl)nc4)cc3o2)cc1. The highest BCUT2D eigenvalue weighted by molar-refractivity contribution is 6.29. The van der Waals surface area contributed by atoms with Crippen LogP contribution in [-0.4, -0.2) is 22.5 Å². The fraction of sp³-hybridized carbons (Fsp3) is 0.143. The van der Waals surface area contributed by atoms with Crippen LogP contribution in [0.5, 0.6) is 17.2 Å². The van der Waals surface area contributed by atoms with Gasteiger partial charge in [-0.25, -0.2) is 9.97 Å². The second-order valence-corrected chi connectivity index (χ2v) is 6.75. The minimum absolute atomic E-state index is 0.415. The van der Waals surface area contributed by atoms with E-state index in [9.17, 15) is 0 Å². The van der Waals surface area contributed by atoms with Crippen LogP contribution in [0.15, 0.2) is 65.2 Å². The van der Waals surface area contributed by atoms with E-state index in [1.165, 1.54) is 0 Å². The molecule has 2 heterocycles. The number of pyridine rings is 1. The molecule has 0 spiro atoms. The number of benzene rings is 2. The topological polar surface area (TPSA) is 57.4 Å². The summed E-state index contributed by atoms with van der Waals surface area (Å²) in [6.07, 6.45) is 2.38. The first-order chi connectivity index (χ1) is 13.7. The van der Waals surface area contributed by atoms with Gasteiger partial charge in [0.15, 0.2) is 5.58 Å². The highest BCUT2D eigenvalue weighted by atomic mass is 35.5. The van der Waals surface area contributed by atoms with Gasteiger partial charge in [0.25, 0.3) is 0 Å². The van der Waals surface area contributed by atoms with Gasteiger partial charge < -0.3 is 13.9 Å². The van der Waals surface area contributed by atoms with Gasteiger partial charge in [-0.1, -0.05) is 11.6 Å². The summed E-state index contributed by atoms with van der Waals surface area (Å²) in [6.45, 7) is 0.595. The van der Waals surface area contributed by atoms with Gasteiger partial charge in [0.2, 0.25) is 5.89 Å². The second kappa shape index (κ2) is 8.50. The van der Waals surface area contributed by atoms with Crippen LogP contribution < -0.4 is 9.47 Å². The zero-order chi connectivity index (χ0) is 19.3. The third-order valence-corrected chi connectivity index (χ3v) is 4.43. The molecule has 0 saturated heterocycles. The van der Waals surface area contributed by atoms with Crippen LogP contribution in [0.25, 0.3) is 22.6 Å². The Balaban J connectivity index is 1.52. The predicted molar refractivity (Wildman–Crippen MR) is 110 cm³/mol. The van der Waals surface area contributed by atoms with Crippen molar-refractivity contribution in [2.45, 2.75) is 6.42 Å². The van der Waals surface area contributed by atoms with E-state index >= 15 is 0 Å². The molecule has 0 amide bonds. The van der Waals surface area contributed by atoms with Crippen molar-refractivity contribution in [1.29, 1.82) is 0 Å². The predicted octanol–water partition coefficient (Wildman–Crippen LogP) is 6.34. The maximum absolute atomic E-state index is 5.90. The summed E-state index contributed by atoms with van der Waals surface area (Å²) in [5, 5.41) is 0.415. The molecule has 2 aromatic carbocycles. The minimum atomic E-state index is 0.415. The van der Waals surface area contributed by atoms with Crippen molar-refractivity contribution < 1.29 is 13.9 Å². The highest BCUT2D eigenvalue weighted by Crippen LogP contribution is 2.30. The summed E-state index contributed by atoms with van der Waals surface area (Å²) < 4.78 is 17.3. The Bertz CT molecular complexity index is 1060. The van der Waals surface area contributed by atoms with E-state index in [2.05, 4.69) is 9.97 Å². The molecule has 0 aliphatic rings. The Labute approximate surface area is 171 Å². The Hall–Kier alpha value is -2.76. The standard InChI is InChI=1S/C21H16Cl2N2O3/c22-10-1-11-26-15-4-2-14(3-5-15)21-25-18-8-6-16(12-19(18)28-21)27-17-7-9-20(23)24-13-17/h2-9,12-13H,1,10-11H2. The van der Waals surface area contributed by atoms with E-state index in [1.54, 1.807) is 24.4 Å². The van der Waals surface area contributed by atoms with Crippen molar-refractivity contribution in [2.24, 2.45) is 0 Å². The molecule has 0 saturated carbocycles. The number of nitrogens with zero attached hydrogens (tertiary/aromatic N) is 2. The van der Waals surface area contributed by atoms with Gasteiger partial charge in [0, 0.05) is 17.5 Å². The highest BCUT2D eigenvalue weighted by Gasteiger charge is 2.10. The molecule has 142 valence electrons. The molecule has 0 N–H and O–H groups in total. The molecule has 0 unspecified atom stereocenters. The van der Waals surface area contributed by atoms with Crippen LogP contribution in [0.4, 0.5) is 0 Å². The molecule has 0 atom stereocenters. The quantitative estimate of drug-likeness (QED) is 0.200. The number of alkyl halides is 1. The molecule has 0 fully saturated rings. The fourth-order valence-corrected chi connectivity index (χ4v) is 2.81. The summed E-state index contributed by atoms with van der Waals surface area (Å²) >= 11 is 11.4. The molecular formula is C21H16Cl2N2O3. The molecular weight excluding hydrogens is 399 g/mol. The molecule has 2 aromatic heterocycles. The average molecular weight is 415 g/mol. The fourth-order valence-electron chi connectivity index (χ4n) is 2.59. The maximum atomic E-state index is 5.90. The van der Waals surface area contributed by atoms with Crippen molar-refractivity contribution in [3.05, 3.63) is 65.9 Å². The largest absolute Gasteiger partial charge is 0.494 e. The molecule has 5 nitrogen and oxygen atoms in total. The van der Waals surface area contributed by atoms with Crippen molar-refractivity contribution >= 4 is 34.3 Å². The molecule has 4 aromatic rings. The van der Waals surface area contributed by atoms with E-state index in [0.717, 1.165) is 23.3 Å². The zero-order valence-electron chi connectivity index (χ0n) is 14.8. The van der Waals surface area contributed by atoms with Crippen molar-refractivity contribution in [3.63, 3.8) is 0 Å². The van der Waals surface area contributed by atoms with Crippen LogP contribution in [0.3, 0.4) is 0 Å². The van der Waals surface area contributed by atoms with Gasteiger partial charge >= 0.3 is 0 Å². The smallest absolute Gasteiger partial charge is 0.227 e. The van der Waals surface area contributed by atoms with Crippen LogP contribution >= 0.6 is 23.2 Å². The van der Waals surface area contributed by atoms with E-state index in [4.69, 9.17) is 37.1 Å². The third kappa shape index (κ3) is 4.38. The van der Waals surface area contributed by atoms with E-state index < -0.39 is 0 Å². The Kier molecular flexibility index (Phi) is 5.65. The molecule has 7 heteroatoms. The average Bonchev–Trinajstić information content (AvgIpc) is 3.14. The second-order valence-electron chi connectivity index (χ2n) is 5.98. The number of rotatable bonds is 7. The lowest BCUT2D eigenvalue weighted by molar-refractivity contribution is 0.318. The summed E-state index contributed by atoms with van der Waals surface area (Å²) in [5.41, 5.74) is 2.25. The van der Waals surface area contributed by atoms with Crippen LogP contribution in [-0.2, 0) is 0 Å². The number of oxazole rings is 1. The first kappa shape index (κ1) is 18.6. The Morgan fingerprint density at radius 1 is 0.929 bits per heavy atom. The zero-order valence-corrected chi connectivity index (χ0v) is 16.3. The number of hydrogen-bond acceptors (Lipinski definition) is 5. The van der Waals surface area contributed by atoms with Gasteiger partial charge in [-0.15, -0.1) is 11.6 Å². The van der Waals surface area contributed by atoms with Crippen LogP contribution in [0, 0.1) is 0 Å². The number of aromatic nitrogens is 2. The van der Waals surface area contributed by atoms with Crippen LogP contribution in [0.2, 0.25) is 5.15 Å². The van der Waals surface area contributed by atoms with Gasteiger partial charge in [-0.05, 0) is 55.0 Å². The normalized spacial score (nSPS) is 10.9. The number of hydrogen-bond donors (Lipinski definition) is 0.